The normalized spacial score (nSPS) is 17.5. The van der Waals surface area contributed by atoms with Crippen molar-refractivity contribution >= 4 is 11.6 Å². The van der Waals surface area contributed by atoms with E-state index < -0.39 is 0 Å². The van der Waals surface area contributed by atoms with E-state index in [4.69, 9.17) is 17.3 Å². The number of nitrogens with zero attached hydrogens (tertiary/aromatic N) is 2. The first-order chi connectivity index (χ1) is 9.79. The Morgan fingerprint density at radius 1 is 0.950 bits per heavy atom. The average Bonchev–Trinajstić information content (AvgIpc) is 2.48. The summed E-state index contributed by atoms with van der Waals surface area (Å²) in [5.41, 5.74) is 6.83. The molecule has 2 rings (SSSR count). The number of halogens is 1. The Labute approximate surface area is 127 Å². The lowest BCUT2D eigenvalue weighted by molar-refractivity contribution is 0.131. The standard InChI is InChI=1S/C16H26ClN3/c17-16-7-2-1-5-15(16)6-3-9-19-11-13-20(14-12-19)10-4-8-18/h1-2,5,7H,3-4,6,8-14,18H2. The molecular formula is C16H26ClN3. The highest BCUT2D eigenvalue weighted by Gasteiger charge is 2.15. The lowest BCUT2D eigenvalue weighted by atomic mass is 10.1. The molecule has 0 amide bonds. The van der Waals surface area contributed by atoms with Crippen LogP contribution >= 0.6 is 11.6 Å². The van der Waals surface area contributed by atoms with Gasteiger partial charge in [0.15, 0.2) is 0 Å². The fraction of sp³-hybridized carbons (Fsp3) is 0.625. The average molecular weight is 296 g/mol. The molecule has 4 heteroatoms. The van der Waals surface area contributed by atoms with Gasteiger partial charge in [0.05, 0.1) is 0 Å². The molecule has 1 aliphatic heterocycles. The first kappa shape index (κ1) is 15.8. The van der Waals surface area contributed by atoms with Crippen LogP contribution in [0.3, 0.4) is 0 Å². The molecule has 0 unspecified atom stereocenters. The zero-order valence-electron chi connectivity index (χ0n) is 12.2. The molecule has 1 saturated heterocycles. The molecular weight excluding hydrogens is 270 g/mol. The first-order valence-electron chi connectivity index (χ1n) is 7.68. The summed E-state index contributed by atoms with van der Waals surface area (Å²) in [6, 6.07) is 8.17. The van der Waals surface area contributed by atoms with Gasteiger partial charge >= 0.3 is 0 Å². The van der Waals surface area contributed by atoms with Crippen LogP contribution in [0.15, 0.2) is 24.3 Å². The molecule has 20 heavy (non-hydrogen) atoms. The zero-order chi connectivity index (χ0) is 14.2. The Kier molecular flexibility index (Phi) is 6.80. The molecule has 3 nitrogen and oxygen atoms in total. The fourth-order valence-corrected chi connectivity index (χ4v) is 2.98. The molecule has 1 aromatic carbocycles. The molecule has 112 valence electrons. The number of aryl methyl sites for hydroxylation is 1. The monoisotopic (exact) mass is 295 g/mol. The van der Waals surface area contributed by atoms with E-state index in [0.717, 1.165) is 31.0 Å². The van der Waals surface area contributed by atoms with Gasteiger partial charge in [0.2, 0.25) is 0 Å². The summed E-state index contributed by atoms with van der Waals surface area (Å²) in [5.74, 6) is 0. The Morgan fingerprint density at radius 3 is 2.15 bits per heavy atom. The van der Waals surface area contributed by atoms with Crippen LogP contribution in [-0.4, -0.2) is 55.6 Å². The van der Waals surface area contributed by atoms with Crippen molar-refractivity contribution in [3.8, 4) is 0 Å². The lowest BCUT2D eigenvalue weighted by Gasteiger charge is -2.34. The maximum Gasteiger partial charge on any atom is 0.0437 e. The molecule has 0 radical (unpaired) electrons. The van der Waals surface area contributed by atoms with Crippen LogP contribution in [0.5, 0.6) is 0 Å². The second-order valence-electron chi connectivity index (χ2n) is 5.52. The maximum atomic E-state index is 6.18. The topological polar surface area (TPSA) is 32.5 Å². The Balaban J connectivity index is 1.63. The van der Waals surface area contributed by atoms with Gasteiger partial charge in [0.1, 0.15) is 0 Å². The lowest BCUT2D eigenvalue weighted by Crippen LogP contribution is -2.47. The van der Waals surface area contributed by atoms with Crippen molar-refractivity contribution in [2.75, 3.05) is 45.8 Å². The number of hydrogen-bond donors (Lipinski definition) is 1. The highest BCUT2D eigenvalue weighted by Crippen LogP contribution is 2.16. The highest BCUT2D eigenvalue weighted by atomic mass is 35.5. The van der Waals surface area contributed by atoms with Gasteiger partial charge < -0.3 is 15.5 Å². The summed E-state index contributed by atoms with van der Waals surface area (Å²) >= 11 is 6.18. The van der Waals surface area contributed by atoms with E-state index in [1.54, 1.807) is 0 Å². The van der Waals surface area contributed by atoms with E-state index in [9.17, 15) is 0 Å². The first-order valence-corrected chi connectivity index (χ1v) is 8.05. The third-order valence-corrected chi connectivity index (χ3v) is 4.39. The van der Waals surface area contributed by atoms with Gasteiger partial charge in [-0.3, -0.25) is 0 Å². The van der Waals surface area contributed by atoms with Crippen molar-refractivity contribution in [2.45, 2.75) is 19.3 Å². The summed E-state index contributed by atoms with van der Waals surface area (Å²) in [5, 5.41) is 0.902. The minimum Gasteiger partial charge on any atom is -0.330 e. The minimum atomic E-state index is 0.804. The molecule has 0 atom stereocenters. The third kappa shape index (κ3) is 5.06. The van der Waals surface area contributed by atoms with Crippen molar-refractivity contribution in [1.29, 1.82) is 0 Å². The van der Waals surface area contributed by atoms with Crippen LogP contribution in [0.25, 0.3) is 0 Å². The van der Waals surface area contributed by atoms with Crippen molar-refractivity contribution in [3.63, 3.8) is 0 Å². The second-order valence-corrected chi connectivity index (χ2v) is 5.93. The van der Waals surface area contributed by atoms with E-state index in [0.29, 0.717) is 0 Å². The quantitative estimate of drug-likeness (QED) is 0.837. The van der Waals surface area contributed by atoms with Crippen molar-refractivity contribution in [3.05, 3.63) is 34.9 Å². The zero-order valence-corrected chi connectivity index (χ0v) is 13.0. The summed E-state index contributed by atoms with van der Waals surface area (Å²) in [7, 11) is 0. The summed E-state index contributed by atoms with van der Waals surface area (Å²) in [6.07, 6.45) is 3.38. The number of nitrogens with two attached hydrogens (primary N) is 1. The predicted molar refractivity (Wildman–Crippen MR) is 86.3 cm³/mol. The molecule has 0 aliphatic carbocycles. The molecule has 2 N–H and O–H groups in total. The highest BCUT2D eigenvalue weighted by molar-refractivity contribution is 6.31. The molecule has 1 heterocycles. The SMILES string of the molecule is NCCCN1CCN(CCCc2ccccc2Cl)CC1. The molecule has 1 fully saturated rings. The van der Waals surface area contributed by atoms with Crippen LogP contribution in [-0.2, 0) is 6.42 Å². The summed E-state index contributed by atoms with van der Waals surface area (Å²) in [6.45, 7) is 7.89. The molecule has 0 saturated carbocycles. The van der Waals surface area contributed by atoms with E-state index >= 15 is 0 Å². The molecule has 0 bridgehead atoms. The Hall–Kier alpha value is -0.610. The van der Waals surface area contributed by atoms with Crippen LogP contribution in [0.4, 0.5) is 0 Å². The predicted octanol–water partition coefficient (Wildman–Crippen LogP) is 2.24. The van der Waals surface area contributed by atoms with Gasteiger partial charge in [-0.2, -0.15) is 0 Å². The maximum absolute atomic E-state index is 6.18. The number of rotatable bonds is 7. The van der Waals surface area contributed by atoms with Gasteiger partial charge in [-0.25, -0.2) is 0 Å². The summed E-state index contributed by atoms with van der Waals surface area (Å²) in [4.78, 5) is 5.09. The van der Waals surface area contributed by atoms with E-state index in [1.165, 1.54) is 44.7 Å². The van der Waals surface area contributed by atoms with Gasteiger partial charge in [-0.05, 0) is 50.5 Å². The smallest absolute Gasteiger partial charge is 0.0437 e. The third-order valence-electron chi connectivity index (χ3n) is 4.02. The van der Waals surface area contributed by atoms with Gasteiger partial charge in [-0.15, -0.1) is 0 Å². The van der Waals surface area contributed by atoms with E-state index in [1.807, 2.05) is 12.1 Å². The van der Waals surface area contributed by atoms with Crippen molar-refractivity contribution in [2.24, 2.45) is 5.73 Å². The fourth-order valence-electron chi connectivity index (χ4n) is 2.75. The number of hydrogen-bond acceptors (Lipinski definition) is 3. The van der Waals surface area contributed by atoms with Gasteiger partial charge in [0, 0.05) is 31.2 Å². The van der Waals surface area contributed by atoms with E-state index in [2.05, 4.69) is 21.9 Å². The number of piperazine rings is 1. The van der Waals surface area contributed by atoms with E-state index in [-0.39, 0.29) is 0 Å². The Morgan fingerprint density at radius 2 is 1.55 bits per heavy atom. The van der Waals surface area contributed by atoms with Crippen molar-refractivity contribution < 1.29 is 0 Å². The van der Waals surface area contributed by atoms with Gasteiger partial charge in [0.25, 0.3) is 0 Å². The molecule has 0 spiro atoms. The Bertz CT molecular complexity index is 389. The van der Waals surface area contributed by atoms with Crippen LogP contribution < -0.4 is 5.73 Å². The van der Waals surface area contributed by atoms with Crippen LogP contribution in [0.2, 0.25) is 5.02 Å². The van der Waals surface area contributed by atoms with Crippen LogP contribution in [0.1, 0.15) is 18.4 Å². The summed E-state index contributed by atoms with van der Waals surface area (Å²) < 4.78 is 0. The molecule has 1 aromatic rings. The van der Waals surface area contributed by atoms with Gasteiger partial charge in [-0.1, -0.05) is 29.8 Å². The second kappa shape index (κ2) is 8.63. The van der Waals surface area contributed by atoms with Crippen LogP contribution in [0, 0.1) is 0 Å². The molecule has 0 aromatic heterocycles. The largest absolute Gasteiger partial charge is 0.330 e. The number of benzene rings is 1. The van der Waals surface area contributed by atoms with Crippen molar-refractivity contribution in [1.82, 2.24) is 9.80 Å². The molecule has 1 aliphatic rings. The minimum absolute atomic E-state index is 0.804.